The van der Waals surface area contributed by atoms with Gasteiger partial charge in [-0.3, -0.25) is 4.79 Å². The van der Waals surface area contributed by atoms with Crippen LogP contribution in [-0.4, -0.2) is 19.1 Å². The molecule has 2 heterocycles. The van der Waals surface area contributed by atoms with Crippen LogP contribution >= 0.6 is 22.9 Å². The number of fused-ring (bicyclic) bond motifs is 1. The highest BCUT2D eigenvalue weighted by Gasteiger charge is 2.31. The summed E-state index contributed by atoms with van der Waals surface area (Å²) in [5.74, 6) is 0.265. The van der Waals surface area contributed by atoms with Crippen molar-refractivity contribution in [3.05, 3.63) is 56.7 Å². The molecule has 1 aliphatic heterocycles. The lowest BCUT2D eigenvalue weighted by atomic mass is 9.81. The fourth-order valence-corrected chi connectivity index (χ4v) is 5.66. The average molecular weight is 448 g/mol. The van der Waals surface area contributed by atoms with E-state index in [1.165, 1.54) is 16.0 Å². The quantitative estimate of drug-likeness (QED) is 0.317. The second-order valence-electron chi connectivity index (χ2n) is 8.81. The van der Waals surface area contributed by atoms with Crippen LogP contribution < -0.4 is 5.32 Å². The van der Waals surface area contributed by atoms with Gasteiger partial charge in [-0.05, 0) is 68.7 Å². The monoisotopic (exact) mass is 447 g/mol. The molecule has 2 aromatic rings. The van der Waals surface area contributed by atoms with Gasteiger partial charge in [-0.25, -0.2) is 0 Å². The van der Waals surface area contributed by atoms with Crippen molar-refractivity contribution >= 4 is 28.9 Å². The first-order valence-corrected chi connectivity index (χ1v) is 12.4. The SMILES string of the molecule is CCOC(=O)C(C)(C)CCCCCC(c1ccccc1Cl)C1NCCc2sccc21. The molecule has 0 radical (unpaired) electrons. The van der Waals surface area contributed by atoms with E-state index in [0.717, 1.165) is 50.1 Å². The molecule has 1 aromatic carbocycles. The lowest BCUT2D eigenvalue weighted by Crippen LogP contribution is -2.33. The predicted octanol–water partition coefficient (Wildman–Crippen LogP) is 6.91. The van der Waals surface area contributed by atoms with E-state index in [9.17, 15) is 4.79 Å². The molecule has 2 atom stereocenters. The fraction of sp³-hybridized carbons (Fsp3) is 0.560. The van der Waals surface area contributed by atoms with Gasteiger partial charge in [-0.1, -0.05) is 49.1 Å². The van der Waals surface area contributed by atoms with Crippen LogP contribution in [0, 0.1) is 5.41 Å². The van der Waals surface area contributed by atoms with Gasteiger partial charge < -0.3 is 10.1 Å². The Morgan fingerprint density at radius 1 is 1.27 bits per heavy atom. The van der Waals surface area contributed by atoms with Crippen molar-refractivity contribution in [3.63, 3.8) is 0 Å². The third-order valence-electron chi connectivity index (χ3n) is 6.18. The molecule has 0 bridgehead atoms. The van der Waals surface area contributed by atoms with Gasteiger partial charge in [0, 0.05) is 28.4 Å². The van der Waals surface area contributed by atoms with Crippen LogP contribution in [0.5, 0.6) is 0 Å². The number of thiophene rings is 1. The Balaban J connectivity index is 1.64. The van der Waals surface area contributed by atoms with E-state index < -0.39 is 5.41 Å². The Bertz CT molecular complexity index is 832. The highest BCUT2D eigenvalue weighted by molar-refractivity contribution is 7.10. The highest BCUT2D eigenvalue weighted by Crippen LogP contribution is 2.42. The Hall–Kier alpha value is -1.36. The first kappa shape index (κ1) is 23.3. The van der Waals surface area contributed by atoms with E-state index in [2.05, 4.69) is 28.9 Å². The fourth-order valence-electron chi connectivity index (χ4n) is 4.46. The lowest BCUT2D eigenvalue weighted by Gasteiger charge is -2.33. The maximum absolute atomic E-state index is 12.1. The number of unbranched alkanes of at least 4 members (excludes halogenated alkanes) is 2. The molecular weight excluding hydrogens is 414 g/mol. The smallest absolute Gasteiger partial charge is 0.311 e. The summed E-state index contributed by atoms with van der Waals surface area (Å²) in [7, 11) is 0. The Morgan fingerprint density at radius 3 is 2.83 bits per heavy atom. The zero-order chi connectivity index (χ0) is 21.6. The molecule has 3 nitrogen and oxygen atoms in total. The van der Waals surface area contributed by atoms with Gasteiger partial charge >= 0.3 is 5.97 Å². The summed E-state index contributed by atoms with van der Waals surface area (Å²) in [5, 5.41) is 6.84. The topological polar surface area (TPSA) is 38.3 Å². The second kappa shape index (κ2) is 10.8. The van der Waals surface area contributed by atoms with E-state index >= 15 is 0 Å². The van der Waals surface area contributed by atoms with Gasteiger partial charge in [0.25, 0.3) is 0 Å². The number of esters is 1. The summed E-state index contributed by atoms with van der Waals surface area (Å²) in [4.78, 5) is 13.6. The minimum Gasteiger partial charge on any atom is -0.466 e. The standard InChI is InChI=1S/C25H34ClNO2S/c1-4-29-24(28)25(2,3)15-9-5-6-11-19(18-10-7-8-12-21(18)26)23-20-14-17-30-22(20)13-16-27-23/h7-8,10,12,14,17,19,23,27H,4-6,9,11,13,15-16H2,1-3H3. The Morgan fingerprint density at radius 2 is 2.07 bits per heavy atom. The third-order valence-corrected chi connectivity index (χ3v) is 7.52. The van der Waals surface area contributed by atoms with Crippen molar-refractivity contribution in [1.29, 1.82) is 0 Å². The van der Waals surface area contributed by atoms with E-state index in [-0.39, 0.29) is 5.97 Å². The minimum absolute atomic E-state index is 0.0877. The van der Waals surface area contributed by atoms with Crippen molar-refractivity contribution in [1.82, 2.24) is 5.32 Å². The number of carbonyl (C=O) groups is 1. The van der Waals surface area contributed by atoms with Gasteiger partial charge in [0.15, 0.2) is 0 Å². The molecule has 164 valence electrons. The van der Waals surface area contributed by atoms with Crippen molar-refractivity contribution in [3.8, 4) is 0 Å². The molecular formula is C25H34ClNO2S. The van der Waals surface area contributed by atoms with Crippen LogP contribution in [0.2, 0.25) is 5.02 Å². The summed E-state index contributed by atoms with van der Waals surface area (Å²) in [5.41, 5.74) is 2.27. The van der Waals surface area contributed by atoms with Crippen LogP contribution in [0.25, 0.3) is 0 Å². The Labute approximate surface area is 190 Å². The maximum atomic E-state index is 12.1. The molecule has 0 spiro atoms. The second-order valence-corrected chi connectivity index (χ2v) is 10.2. The molecule has 0 saturated carbocycles. The number of hydrogen-bond donors (Lipinski definition) is 1. The van der Waals surface area contributed by atoms with Gasteiger partial charge in [0.1, 0.15) is 0 Å². The molecule has 1 aliphatic rings. The first-order valence-electron chi connectivity index (χ1n) is 11.2. The van der Waals surface area contributed by atoms with E-state index in [1.807, 2.05) is 44.2 Å². The highest BCUT2D eigenvalue weighted by atomic mass is 35.5. The number of benzene rings is 1. The summed E-state index contributed by atoms with van der Waals surface area (Å²) in [6.45, 7) is 7.30. The number of hydrogen-bond acceptors (Lipinski definition) is 4. The zero-order valence-corrected chi connectivity index (χ0v) is 20.0. The molecule has 3 rings (SSSR count). The Kier molecular flexibility index (Phi) is 8.38. The number of nitrogens with one attached hydrogen (secondary N) is 1. The average Bonchev–Trinajstić information content (AvgIpc) is 3.21. The zero-order valence-electron chi connectivity index (χ0n) is 18.4. The third kappa shape index (κ3) is 5.66. The molecule has 5 heteroatoms. The molecule has 30 heavy (non-hydrogen) atoms. The van der Waals surface area contributed by atoms with Crippen LogP contribution in [0.4, 0.5) is 0 Å². The van der Waals surface area contributed by atoms with Crippen LogP contribution in [-0.2, 0) is 16.0 Å². The minimum atomic E-state index is -0.408. The summed E-state index contributed by atoms with van der Waals surface area (Å²) >= 11 is 8.50. The normalized spacial score (nSPS) is 17.4. The molecule has 1 N–H and O–H groups in total. The van der Waals surface area contributed by atoms with Gasteiger partial charge in [-0.15, -0.1) is 11.3 Å². The molecule has 2 unspecified atom stereocenters. The summed E-state index contributed by atoms with van der Waals surface area (Å²) in [6.07, 6.45) is 6.31. The first-order chi connectivity index (χ1) is 14.4. The van der Waals surface area contributed by atoms with Crippen LogP contribution in [0.1, 0.15) is 80.8 Å². The lowest BCUT2D eigenvalue weighted by molar-refractivity contribution is -0.153. The van der Waals surface area contributed by atoms with Gasteiger partial charge in [0.05, 0.1) is 12.0 Å². The number of ether oxygens (including phenoxy) is 1. The largest absolute Gasteiger partial charge is 0.466 e. The molecule has 0 saturated heterocycles. The number of halogens is 1. The molecule has 0 amide bonds. The van der Waals surface area contributed by atoms with E-state index in [4.69, 9.17) is 16.3 Å². The maximum Gasteiger partial charge on any atom is 0.311 e. The predicted molar refractivity (Wildman–Crippen MR) is 126 cm³/mol. The molecule has 0 fully saturated rings. The molecule has 0 aliphatic carbocycles. The van der Waals surface area contributed by atoms with Crippen molar-refractivity contribution < 1.29 is 9.53 Å². The molecule has 1 aromatic heterocycles. The van der Waals surface area contributed by atoms with Gasteiger partial charge in [-0.2, -0.15) is 0 Å². The van der Waals surface area contributed by atoms with E-state index in [1.54, 1.807) is 0 Å². The van der Waals surface area contributed by atoms with Crippen molar-refractivity contribution in [2.75, 3.05) is 13.2 Å². The van der Waals surface area contributed by atoms with Gasteiger partial charge in [0.2, 0.25) is 0 Å². The summed E-state index contributed by atoms with van der Waals surface area (Å²) in [6, 6.07) is 10.9. The van der Waals surface area contributed by atoms with Crippen LogP contribution in [0.15, 0.2) is 35.7 Å². The number of carbonyl (C=O) groups excluding carboxylic acids is 1. The van der Waals surface area contributed by atoms with Crippen LogP contribution in [0.3, 0.4) is 0 Å². The van der Waals surface area contributed by atoms with E-state index in [0.29, 0.717) is 18.6 Å². The van der Waals surface area contributed by atoms with Crippen molar-refractivity contribution in [2.45, 2.75) is 71.3 Å². The van der Waals surface area contributed by atoms with Crippen molar-refractivity contribution in [2.24, 2.45) is 5.41 Å². The number of rotatable bonds is 10. The summed E-state index contributed by atoms with van der Waals surface area (Å²) < 4.78 is 5.22.